The topological polar surface area (TPSA) is 68.4 Å². The summed E-state index contributed by atoms with van der Waals surface area (Å²) in [5.41, 5.74) is 7.33. The summed E-state index contributed by atoms with van der Waals surface area (Å²) in [5, 5.41) is 0. The average Bonchev–Trinajstić information content (AvgIpc) is 2.90. The van der Waals surface area contributed by atoms with Gasteiger partial charge in [0.1, 0.15) is 11.4 Å². The zero-order chi connectivity index (χ0) is 16.2. The lowest BCUT2D eigenvalue weighted by molar-refractivity contribution is -0.148. The van der Waals surface area contributed by atoms with Crippen molar-refractivity contribution in [3.8, 4) is 0 Å². The summed E-state index contributed by atoms with van der Waals surface area (Å²) in [6.45, 7) is 8.56. The number of carbonyl (C=O) groups excluding carboxylic acids is 1. The van der Waals surface area contributed by atoms with E-state index >= 15 is 0 Å². The fourth-order valence-corrected chi connectivity index (χ4v) is 2.44. The lowest BCUT2D eigenvalue weighted by atomic mass is 10.1. The zero-order valence-electron chi connectivity index (χ0n) is 13.6. The highest BCUT2D eigenvalue weighted by Crippen LogP contribution is 2.18. The van der Waals surface area contributed by atoms with Crippen molar-refractivity contribution in [2.24, 2.45) is 0 Å². The van der Waals surface area contributed by atoms with E-state index in [0.29, 0.717) is 5.82 Å². The molecule has 0 bridgehead atoms. The molecule has 1 aliphatic rings. The van der Waals surface area contributed by atoms with Crippen LogP contribution in [0.2, 0.25) is 0 Å². The number of likely N-dealkylation sites (tertiary alicyclic amines) is 1. The minimum atomic E-state index is -0.484. The number of esters is 1. The zero-order valence-corrected chi connectivity index (χ0v) is 13.6. The molecule has 1 saturated heterocycles. The first-order valence-electron chi connectivity index (χ1n) is 7.71. The Morgan fingerprint density at radius 2 is 2.09 bits per heavy atom. The molecule has 0 saturated carbocycles. The third-order valence-electron chi connectivity index (χ3n) is 3.43. The molecule has 2 N–H and O–H groups in total. The largest absolute Gasteiger partial charge is 0.457 e. The van der Waals surface area contributed by atoms with Gasteiger partial charge in [-0.15, -0.1) is 0 Å². The molecule has 120 valence electrons. The molecule has 5 heteroatoms. The van der Waals surface area contributed by atoms with Crippen molar-refractivity contribution in [1.82, 2.24) is 9.88 Å². The monoisotopic (exact) mass is 303 g/mol. The van der Waals surface area contributed by atoms with Gasteiger partial charge in [0, 0.05) is 24.4 Å². The molecular weight excluding hydrogens is 278 g/mol. The summed E-state index contributed by atoms with van der Waals surface area (Å²) >= 11 is 0. The Kier molecular flexibility index (Phi) is 5.19. The second-order valence-corrected chi connectivity index (χ2v) is 6.66. The van der Waals surface area contributed by atoms with Gasteiger partial charge in [0.2, 0.25) is 0 Å². The van der Waals surface area contributed by atoms with Gasteiger partial charge >= 0.3 is 5.97 Å². The molecule has 2 heterocycles. The van der Waals surface area contributed by atoms with E-state index in [1.807, 2.05) is 26.8 Å². The van der Waals surface area contributed by atoms with Gasteiger partial charge in [-0.05, 0) is 64.4 Å². The minimum Gasteiger partial charge on any atom is -0.457 e. The number of aromatic nitrogens is 1. The molecule has 2 rings (SSSR count). The van der Waals surface area contributed by atoms with Crippen LogP contribution in [0.1, 0.15) is 44.7 Å². The Balaban J connectivity index is 2.03. The van der Waals surface area contributed by atoms with E-state index in [1.54, 1.807) is 12.3 Å². The standard InChI is InChI=1S/C17H25N3O2/c1-17(2,3)22-15(21)7-6-13-10-14(16(18)19-11-13)12-20-8-4-5-9-20/h6-7,10-11H,4-5,8-9,12H2,1-3H3,(H2,18,19). The van der Waals surface area contributed by atoms with Crippen molar-refractivity contribution in [2.75, 3.05) is 18.8 Å². The smallest absolute Gasteiger partial charge is 0.331 e. The third kappa shape index (κ3) is 5.15. The van der Waals surface area contributed by atoms with Crippen molar-refractivity contribution < 1.29 is 9.53 Å². The minimum absolute atomic E-state index is 0.356. The molecule has 1 aromatic heterocycles. The maximum Gasteiger partial charge on any atom is 0.331 e. The van der Waals surface area contributed by atoms with Crippen LogP contribution < -0.4 is 5.73 Å². The molecule has 0 aliphatic carbocycles. The molecule has 22 heavy (non-hydrogen) atoms. The highest BCUT2D eigenvalue weighted by molar-refractivity contribution is 5.87. The average molecular weight is 303 g/mol. The first-order chi connectivity index (χ1) is 10.3. The number of nitrogen functional groups attached to an aromatic ring is 1. The molecule has 0 unspecified atom stereocenters. The SMILES string of the molecule is CC(C)(C)OC(=O)C=Cc1cnc(N)c(CN2CCCC2)c1. The number of hydrogen-bond donors (Lipinski definition) is 1. The number of nitrogens with zero attached hydrogens (tertiary/aromatic N) is 2. The van der Waals surface area contributed by atoms with Gasteiger partial charge in [-0.2, -0.15) is 0 Å². The Bertz CT molecular complexity index is 556. The normalized spacial score (nSPS) is 16.3. The van der Waals surface area contributed by atoms with Crippen LogP contribution in [-0.4, -0.2) is 34.5 Å². The summed E-state index contributed by atoms with van der Waals surface area (Å²) in [6.07, 6.45) is 7.30. The summed E-state index contributed by atoms with van der Waals surface area (Å²) in [7, 11) is 0. The van der Waals surface area contributed by atoms with Crippen LogP contribution in [0.25, 0.3) is 6.08 Å². The van der Waals surface area contributed by atoms with Crippen LogP contribution in [-0.2, 0) is 16.1 Å². The van der Waals surface area contributed by atoms with Crippen molar-refractivity contribution in [3.05, 3.63) is 29.5 Å². The Labute approximate surface area is 132 Å². The van der Waals surface area contributed by atoms with Crippen LogP contribution >= 0.6 is 0 Å². The highest BCUT2D eigenvalue weighted by Gasteiger charge is 2.15. The van der Waals surface area contributed by atoms with Crippen LogP contribution in [0.4, 0.5) is 5.82 Å². The molecule has 0 spiro atoms. The molecule has 1 aliphatic heterocycles. The number of hydrogen-bond acceptors (Lipinski definition) is 5. The molecule has 1 aromatic rings. The number of pyridine rings is 1. The fourth-order valence-electron chi connectivity index (χ4n) is 2.44. The number of nitrogens with two attached hydrogens (primary N) is 1. The molecule has 0 amide bonds. The van der Waals surface area contributed by atoms with Crippen molar-refractivity contribution in [2.45, 2.75) is 45.8 Å². The third-order valence-corrected chi connectivity index (χ3v) is 3.43. The molecular formula is C17H25N3O2. The van der Waals surface area contributed by atoms with Gasteiger partial charge in [0.25, 0.3) is 0 Å². The molecule has 0 atom stereocenters. The van der Waals surface area contributed by atoms with Gasteiger partial charge in [-0.25, -0.2) is 9.78 Å². The molecule has 1 fully saturated rings. The van der Waals surface area contributed by atoms with Crippen LogP contribution in [0, 0.1) is 0 Å². The maximum atomic E-state index is 11.7. The van der Waals surface area contributed by atoms with E-state index in [2.05, 4.69) is 9.88 Å². The van der Waals surface area contributed by atoms with E-state index < -0.39 is 5.60 Å². The van der Waals surface area contributed by atoms with E-state index in [9.17, 15) is 4.79 Å². The maximum absolute atomic E-state index is 11.7. The molecule has 5 nitrogen and oxygen atoms in total. The van der Waals surface area contributed by atoms with Gasteiger partial charge in [-0.3, -0.25) is 4.90 Å². The summed E-state index contributed by atoms with van der Waals surface area (Å²) in [4.78, 5) is 18.3. The predicted octanol–water partition coefficient (Wildman–Crippen LogP) is 2.61. The van der Waals surface area contributed by atoms with Crippen molar-refractivity contribution in [3.63, 3.8) is 0 Å². The second-order valence-electron chi connectivity index (χ2n) is 6.66. The quantitative estimate of drug-likeness (QED) is 0.684. The fraction of sp³-hybridized carbons (Fsp3) is 0.529. The predicted molar refractivity (Wildman–Crippen MR) is 88.0 cm³/mol. The Hall–Kier alpha value is -1.88. The second kappa shape index (κ2) is 6.92. The Morgan fingerprint density at radius 3 is 2.73 bits per heavy atom. The van der Waals surface area contributed by atoms with E-state index in [-0.39, 0.29) is 5.97 Å². The Morgan fingerprint density at radius 1 is 1.41 bits per heavy atom. The van der Waals surface area contributed by atoms with E-state index in [1.165, 1.54) is 18.9 Å². The van der Waals surface area contributed by atoms with E-state index in [0.717, 1.165) is 30.8 Å². The summed E-state index contributed by atoms with van der Waals surface area (Å²) < 4.78 is 5.24. The van der Waals surface area contributed by atoms with Crippen LogP contribution in [0.5, 0.6) is 0 Å². The van der Waals surface area contributed by atoms with Gasteiger partial charge in [0.15, 0.2) is 0 Å². The van der Waals surface area contributed by atoms with E-state index in [4.69, 9.17) is 10.5 Å². The first-order valence-corrected chi connectivity index (χ1v) is 7.71. The number of ether oxygens (including phenoxy) is 1. The van der Waals surface area contributed by atoms with Gasteiger partial charge in [-0.1, -0.05) is 0 Å². The summed E-state index contributed by atoms with van der Waals surface area (Å²) in [5.74, 6) is 0.201. The molecule has 0 aromatic carbocycles. The van der Waals surface area contributed by atoms with Gasteiger partial charge in [0.05, 0.1) is 0 Å². The lowest BCUT2D eigenvalue weighted by Gasteiger charge is -2.18. The number of carbonyl (C=O) groups is 1. The van der Waals surface area contributed by atoms with Crippen molar-refractivity contribution in [1.29, 1.82) is 0 Å². The van der Waals surface area contributed by atoms with Gasteiger partial charge < -0.3 is 10.5 Å². The first kappa shape index (κ1) is 16.5. The van der Waals surface area contributed by atoms with Crippen LogP contribution in [0.3, 0.4) is 0 Å². The number of anilines is 1. The lowest BCUT2D eigenvalue weighted by Crippen LogP contribution is -2.22. The van der Waals surface area contributed by atoms with Crippen molar-refractivity contribution >= 4 is 17.9 Å². The molecule has 0 radical (unpaired) electrons. The number of rotatable bonds is 4. The summed E-state index contributed by atoms with van der Waals surface area (Å²) in [6, 6.07) is 1.99. The van der Waals surface area contributed by atoms with Crippen LogP contribution in [0.15, 0.2) is 18.3 Å². The highest BCUT2D eigenvalue weighted by atomic mass is 16.6.